The molecule has 0 radical (unpaired) electrons. The Morgan fingerprint density at radius 1 is 1.37 bits per heavy atom. The maximum absolute atomic E-state index is 11.4. The van der Waals surface area contributed by atoms with Gasteiger partial charge in [-0.1, -0.05) is 29.8 Å². The molecule has 0 saturated heterocycles. The van der Waals surface area contributed by atoms with Gasteiger partial charge in [-0.25, -0.2) is 4.79 Å². The molecule has 2 N–H and O–H groups in total. The highest BCUT2D eigenvalue weighted by atomic mass is 35.5. The number of imide groups is 1. The van der Waals surface area contributed by atoms with E-state index in [1.807, 2.05) is 25.1 Å². The number of benzene rings is 1. The maximum Gasteiger partial charge on any atom is 0.413 e. The lowest BCUT2D eigenvalue weighted by Crippen LogP contribution is -2.38. The van der Waals surface area contributed by atoms with E-state index in [2.05, 4.69) is 15.4 Å². The van der Waals surface area contributed by atoms with Crippen LogP contribution in [0.5, 0.6) is 0 Å². The number of ether oxygens (including phenoxy) is 1. The van der Waals surface area contributed by atoms with Gasteiger partial charge in [0.1, 0.15) is 0 Å². The van der Waals surface area contributed by atoms with Gasteiger partial charge in [0, 0.05) is 11.1 Å². The Morgan fingerprint density at radius 2 is 2.05 bits per heavy atom. The number of carbonyl (C=O) groups is 2. The zero-order chi connectivity index (χ0) is 14.3. The summed E-state index contributed by atoms with van der Waals surface area (Å²) in [7, 11) is 0. The molecular weight excluding hydrogens is 268 g/mol. The SMILES string of the molecule is CCOC(=O)NC(=O)CN[C@H](C)c1ccccc1Cl. The number of amides is 2. The topological polar surface area (TPSA) is 67.4 Å². The standard InChI is InChI=1S/C13H17ClN2O3/c1-3-19-13(18)16-12(17)8-15-9(2)10-6-4-5-7-11(10)14/h4-7,9,15H,3,8H2,1-2H3,(H,16,17,18)/t9-/m1/s1. The average Bonchev–Trinajstić information content (AvgIpc) is 2.36. The van der Waals surface area contributed by atoms with Crippen molar-refractivity contribution in [2.24, 2.45) is 0 Å². The molecule has 0 aliphatic heterocycles. The van der Waals surface area contributed by atoms with E-state index < -0.39 is 12.0 Å². The third-order valence-electron chi connectivity index (χ3n) is 2.46. The lowest BCUT2D eigenvalue weighted by atomic mass is 10.1. The highest BCUT2D eigenvalue weighted by Gasteiger charge is 2.12. The van der Waals surface area contributed by atoms with E-state index in [1.54, 1.807) is 13.0 Å². The molecule has 0 fully saturated rings. The highest BCUT2D eigenvalue weighted by molar-refractivity contribution is 6.31. The van der Waals surface area contributed by atoms with E-state index in [1.165, 1.54) is 0 Å². The predicted octanol–water partition coefficient (Wildman–Crippen LogP) is 2.26. The quantitative estimate of drug-likeness (QED) is 0.870. The molecule has 0 aliphatic rings. The van der Waals surface area contributed by atoms with Gasteiger partial charge in [-0.2, -0.15) is 0 Å². The molecule has 2 amide bonds. The van der Waals surface area contributed by atoms with Crippen molar-refractivity contribution >= 4 is 23.6 Å². The number of alkyl carbamates (subject to hydrolysis) is 1. The van der Waals surface area contributed by atoms with E-state index >= 15 is 0 Å². The maximum atomic E-state index is 11.4. The van der Waals surface area contributed by atoms with Gasteiger partial charge >= 0.3 is 6.09 Å². The van der Waals surface area contributed by atoms with E-state index in [0.29, 0.717) is 5.02 Å². The average molecular weight is 285 g/mol. The fourth-order valence-electron chi connectivity index (χ4n) is 1.51. The monoisotopic (exact) mass is 284 g/mol. The smallest absolute Gasteiger partial charge is 0.413 e. The molecule has 0 aromatic heterocycles. The molecular formula is C13H17ClN2O3. The summed E-state index contributed by atoms with van der Waals surface area (Å²) in [5.41, 5.74) is 0.896. The fraction of sp³-hybridized carbons (Fsp3) is 0.385. The summed E-state index contributed by atoms with van der Waals surface area (Å²) in [6, 6.07) is 7.28. The van der Waals surface area contributed by atoms with Crippen LogP contribution in [0.25, 0.3) is 0 Å². The molecule has 0 spiro atoms. The number of hydrogen-bond donors (Lipinski definition) is 2. The summed E-state index contributed by atoms with van der Waals surface area (Å²) in [6.45, 7) is 3.79. The number of nitrogens with one attached hydrogen (secondary N) is 2. The van der Waals surface area contributed by atoms with Gasteiger partial charge in [-0.3, -0.25) is 10.1 Å². The molecule has 0 unspecified atom stereocenters. The van der Waals surface area contributed by atoms with Crippen LogP contribution in [-0.2, 0) is 9.53 Å². The van der Waals surface area contributed by atoms with Gasteiger partial charge < -0.3 is 10.1 Å². The Hall–Kier alpha value is -1.59. The molecule has 6 heteroatoms. The summed E-state index contributed by atoms with van der Waals surface area (Å²) < 4.78 is 4.60. The normalized spacial score (nSPS) is 11.7. The summed E-state index contributed by atoms with van der Waals surface area (Å²) in [6.07, 6.45) is -0.736. The van der Waals surface area contributed by atoms with Crippen LogP contribution < -0.4 is 10.6 Å². The van der Waals surface area contributed by atoms with Gasteiger partial charge in [0.05, 0.1) is 13.2 Å². The lowest BCUT2D eigenvalue weighted by molar-refractivity contribution is -0.119. The first kappa shape index (κ1) is 15.5. The van der Waals surface area contributed by atoms with Crippen molar-refractivity contribution in [1.29, 1.82) is 0 Å². The van der Waals surface area contributed by atoms with Crippen LogP contribution in [0.1, 0.15) is 25.5 Å². The molecule has 5 nitrogen and oxygen atoms in total. The van der Waals surface area contributed by atoms with Crippen LogP contribution in [0.3, 0.4) is 0 Å². The Labute approximate surface area is 117 Å². The van der Waals surface area contributed by atoms with Crippen LogP contribution in [0.4, 0.5) is 4.79 Å². The second kappa shape index (κ2) is 7.76. The van der Waals surface area contributed by atoms with Crippen LogP contribution in [0.2, 0.25) is 5.02 Å². The zero-order valence-corrected chi connectivity index (χ0v) is 11.7. The van der Waals surface area contributed by atoms with Gasteiger partial charge in [0.15, 0.2) is 0 Å². The first-order valence-electron chi connectivity index (χ1n) is 5.99. The molecule has 0 saturated carbocycles. The number of carbonyl (C=O) groups excluding carboxylic acids is 2. The molecule has 1 aromatic rings. The van der Waals surface area contributed by atoms with E-state index in [9.17, 15) is 9.59 Å². The number of halogens is 1. The zero-order valence-electron chi connectivity index (χ0n) is 10.9. The van der Waals surface area contributed by atoms with Crippen molar-refractivity contribution in [3.05, 3.63) is 34.9 Å². The van der Waals surface area contributed by atoms with Crippen LogP contribution in [0.15, 0.2) is 24.3 Å². The molecule has 0 heterocycles. The van der Waals surface area contributed by atoms with Crippen molar-refractivity contribution in [3.8, 4) is 0 Å². The van der Waals surface area contributed by atoms with Gasteiger partial charge in [0.25, 0.3) is 0 Å². The summed E-state index contributed by atoms with van der Waals surface area (Å²) >= 11 is 6.05. The van der Waals surface area contributed by atoms with Crippen molar-refractivity contribution in [1.82, 2.24) is 10.6 Å². The Morgan fingerprint density at radius 3 is 2.68 bits per heavy atom. The van der Waals surface area contributed by atoms with Crippen molar-refractivity contribution < 1.29 is 14.3 Å². The largest absolute Gasteiger partial charge is 0.450 e. The van der Waals surface area contributed by atoms with Crippen LogP contribution >= 0.6 is 11.6 Å². The van der Waals surface area contributed by atoms with Crippen molar-refractivity contribution in [2.45, 2.75) is 19.9 Å². The van der Waals surface area contributed by atoms with Crippen LogP contribution in [0, 0.1) is 0 Å². The molecule has 19 heavy (non-hydrogen) atoms. The summed E-state index contributed by atoms with van der Waals surface area (Å²) in [5, 5.41) is 5.72. The molecule has 104 valence electrons. The van der Waals surface area contributed by atoms with Gasteiger partial charge in [-0.05, 0) is 25.5 Å². The van der Waals surface area contributed by atoms with Crippen molar-refractivity contribution in [3.63, 3.8) is 0 Å². The van der Waals surface area contributed by atoms with E-state index in [4.69, 9.17) is 11.6 Å². The number of rotatable bonds is 5. The van der Waals surface area contributed by atoms with E-state index in [-0.39, 0.29) is 19.2 Å². The molecule has 1 atom stereocenters. The summed E-state index contributed by atoms with van der Waals surface area (Å²) in [4.78, 5) is 22.5. The first-order chi connectivity index (χ1) is 9.04. The number of hydrogen-bond acceptors (Lipinski definition) is 4. The minimum atomic E-state index is -0.736. The minimum Gasteiger partial charge on any atom is -0.450 e. The summed E-state index contributed by atoms with van der Waals surface area (Å²) in [5.74, 6) is -0.447. The first-order valence-corrected chi connectivity index (χ1v) is 6.36. The Bertz CT molecular complexity index is 451. The van der Waals surface area contributed by atoms with Crippen molar-refractivity contribution in [2.75, 3.05) is 13.2 Å². The lowest BCUT2D eigenvalue weighted by Gasteiger charge is -2.15. The van der Waals surface area contributed by atoms with Crippen LogP contribution in [-0.4, -0.2) is 25.2 Å². The highest BCUT2D eigenvalue weighted by Crippen LogP contribution is 2.21. The Kier molecular flexibility index (Phi) is 6.32. The Balaban J connectivity index is 2.42. The molecule has 0 aliphatic carbocycles. The fourth-order valence-corrected chi connectivity index (χ4v) is 1.81. The predicted molar refractivity (Wildman–Crippen MR) is 73.0 cm³/mol. The molecule has 1 aromatic carbocycles. The third kappa shape index (κ3) is 5.28. The second-order valence-corrected chi connectivity index (χ2v) is 4.30. The van der Waals surface area contributed by atoms with Gasteiger partial charge in [0.2, 0.25) is 5.91 Å². The third-order valence-corrected chi connectivity index (χ3v) is 2.80. The van der Waals surface area contributed by atoms with Gasteiger partial charge in [-0.15, -0.1) is 0 Å². The molecule has 0 bridgehead atoms. The molecule has 1 rings (SSSR count). The van der Waals surface area contributed by atoms with E-state index in [0.717, 1.165) is 5.56 Å². The second-order valence-electron chi connectivity index (χ2n) is 3.89. The minimum absolute atomic E-state index is 0.00516.